The summed E-state index contributed by atoms with van der Waals surface area (Å²) in [5.41, 5.74) is 2.50. The van der Waals surface area contributed by atoms with Crippen LogP contribution < -0.4 is 5.32 Å². The summed E-state index contributed by atoms with van der Waals surface area (Å²) in [6.45, 7) is 6.12. The summed E-state index contributed by atoms with van der Waals surface area (Å²) >= 11 is 0. The molecule has 0 saturated heterocycles. The lowest BCUT2D eigenvalue weighted by atomic mass is 10.1. The van der Waals surface area contributed by atoms with E-state index in [2.05, 4.69) is 48.6 Å². The molecule has 0 fully saturated rings. The van der Waals surface area contributed by atoms with Crippen molar-refractivity contribution in [3.05, 3.63) is 42.0 Å². The normalized spacial score (nSPS) is 9.33. The summed E-state index contributed by atoms with van der Waals surface area (Å²) in [5, 5.41) is 5.78. The average Bonchev–Trinajstić information content (AvgIpc) is 2.31. The van der Waals surface area contributed by atoms with Crippen LogP contribution >= 0.6 is 0 Å². The van der Waals surface area contributed by atoms with Crippen LogP contribution in [0.5, 0.6) is 0 Å². The van der Waals surface area contributed by atoms with Gasteiger partial charge in [0, 0.05) is 12.7 Å². The lowest BCUT2D eigenvalue weighted by Gasteiger charge is -2.06. The second-order valence-electron chi connectivity index (χ2n) is 3.26. The summed E-state index contributed by atoms with van der Waals surface area (Å²) in [6.07, 6.45) is 0. The fourth-order valence-electron chi connectivity index (χ4n) is 1.62. The predicted molar refractivity (Wildman–Crippen MR) is 69.6 cm³/mol. The minimum atomic E-state index is 1.21. The maximum Gasteiger partial charge on any atom is 0.0373 e. The third kappa shape index (κ3) is 2.50. The first-order valence-electron chi connectivity index (χ1n) is 5.48. The molecule has 0 unspecified atom stereocenters. The van der Waals surface area contributed by atoms with E-state index < -0.39 is 0 Å². The average molecular weight is 201 g/mol. The molecule has 1 N–H and O–H groups in total. The molecule has 0 spiro atoms. The van der Waals surface area contributed by atoms with Gasteiger partial charge < -0.3 is 5.32 Å². The van der Waals surface area contributed by atoms with Crippen molar-refractivity contribution in [2.45, 2.75) is 20.8 Å². The minimum Gasteiger partial charge on any atom is -0.388 e. The van der Waals surface area contributed by atoms with Crippen molar-refractivity contribution < 1.29 is 0 Å². The van der Waals surface area contributed by atoms with E-state index in [1.807, 2.05) is 20.9 Å². The zero-order valence-corrected chi connectivity index (χ0v) is 9.96. The Balaban J connectivity index is 0.000000531. The highest BCUT2D eigenvalue weighted by molar-refractivity contribution is 5.87. The van der Waals surface area contributed by atoms with Crippen molar-refractivity contribution >= 4 is 16.5 Å². The van der Waals surface area contributed by atoms with E-state index in [0.717, 1.165) is 0 Å². The Kier molecular flexibility index (Phi) is 4.17. The van der Waals surface area contributed by atoms with Crippen molar-refractivity contribution in [2.24, 2.45) is 0 Å². The van der Waals surface area contributed by atoms with Gasteiger partial charge in [-0.3, -0.25) is 0 Å². The maximum atomic E-state index is 3.19. The molecule has 0 amide bonds. The van der Waals surface area contributed by atoms with E-state index in [-0.39, 0.29) is 0 Å². The zero-order chi connectivity index (χ0) is 11.3. The second kappa shape index (κ2) is 5.40. The Hall–Kier alpha value is -1.50. The summed E-state index contributed by atoms with van der Waals surface area (Å²) < 4.78 is 0. The Bertz CT molecular complexity index is 432. The first-order chi connectivity index (χ1) is 7.31. The van der Waals surface area contributed by atoms with E-state index in [9.17, 15) is 0 Å². The number of anilines is 1. The second-order valence-corrected chi connectivity index (χ2v) is 3.26. The summed E-state index contributed by atoms with van der Waals surface area (Å²) in [7, 11) is 1.96. The van der Waals surface area contributed by atoms with Gasteiger partial charge in [-0.2, -0.15) is 0 Å². The molecule has 2 rings (SSSR count). The number of rotatable bonds is 1. The van der Waals surface area contributed by atoms with Gasteiger partial charge in [0.15, 0.2) is 0 Å². The van der Waals surface area contributed by atoms with Crippen LogP contribution in [0.4, 0.5) is 5.69 Å². The van der Waals surface area contributed by atoms with Gasteiger partial charge in [0.25, 0.3) is 0 Å². The minimum absolute atomic E-state index is 1.21. The standard InChI is InChI=1S/C12H13N.C2H6/c1-9-7-10-5-3-4-6-11(10)8-12(9)13-2;1-2/h3-8,13H,1-2H3;1-2H3. The van der Waals surface area contributed by atoms with Crippen molar-refractivity contribution in [2.75, 3.05) is 12.4 Å². The molecule has 1 heteroatoms. The zero-order valence-electron chi connectivity index (χ0n) is 9.96. The highest BCUT2D eigenvalue weighted by Gasteiger charge is 1.97. The number of benzene rings is 2. The van der Waals surface area contributed by atoms with Crippen LogP contribution in [0.3, 0.4) is 0 Å². The Morgan fingerprint density at radius 1 is 0.933 bits per heavy atom. The summed E-state index contributed by atoms with van der Waals surface area (Å²) in [5.74, 6) is 0. The molecule has 1 nitrogen and oxygen atoms in total. The van der Waals surface area contributed by atoms with Gasteiger partial charge in [-0.05, 0) is 35.4 Å². The molecule has 0 aliphatic rings. The molecule has 80 valence electrons. The molecule has 2 aromatic carbocycles. The number of aryl methyl sites for hydroxylation is 1. The fraction of sp³-hybridized carbons (Fsp3) is 0.286. The summed E-state index contributed by atoms with van der Waals surface area (Å²) in [4.78, 5) is 0. The molecule has 0 aliphatic carbocycles. The molecule has 0 aliphatic heterocycles. The van der Waals surface area contributed by atoms with Gasteiger partial charge >= 0.3 is 0 Å². The van der Waals surface area contributed by atoms with Gasteiger partial charge in [0.05, 0.1) is 0 Å². The lowest BCUT2D eigenvalue weighted by Crippen LogP contribution is -1.91. The summed E-state index contributed by atoms with van der Waals surface area (Å²) in [6, 6.07) is 12.8. The van der Waals surface area contributed by atoms with Crippen LogP contribution in [0.15, 0.2) is 36.4 Å². The highest BCUT2D eigenvalue weighted by Crippen LogP contribution is 2.22. The largest absolute Gasteiger partial charge is 0.388 e. The van der Waals surface area contributed by atoms with E-state index in [1.54, 1.807) is 0 Å². The molecule has 0 radical (unpaired) electrons. The number of nitrogens with one attached hydrogen (secondary N) is 1. The van der Waals surface area contributed by atoms with Crippen molar-refractivity contribution in [3.8, 4) is 0 Å². The van der Waals surface area contributed by atoms with E-state index in [1.165, 1.54) is 22.0 Å². The maximum absolute atomic E-state index is 3.19. The fourth-order valence-corrected chi connectivity index (χ4v) is 1.62. The van der Waals surface area contributed by atoms with Crippen molar-refractivity contribution in [1.29, 1.82) is 0 Å². The van der Waals surface area contributed by atoms with Crippen LogP contribution in [0.1, 0.15) is 19.4 Å². The van der Waals surface area contributed by atoms with Gasteiger partial charge in [-0.1, -0.05) is 38.1 Å². The van der Waals surface area contributed by atoms with Gasteiger partial charge in [-0.15, -0.1) is 0 Å². The monoisotopic (exact) mass is 201 g/mol. The third-order valence-corrected chi connectivity index (χ3v) is 2.36. The molecule has 0 aromatic heterocycles. The van der Waals surface area contributed by atoms with Gasteiger partial charge in [-0.25, -0.2) is 0 Å². The van der Waals surface area contributed by atoms with E-state index in [4.69, 9.17) is 0 Å². The molecule has 0 heterocycles. The number of hydrogen-bond acceptors (Lipinski definition) is 1. The Morgan fingerprint density at radius 2 is 1.47 bits per heavy atom. The van der Waals surface area contributed by atoms with Crippen LogP contribution in [0.2, 0.25) is 0 Å². The SMILES string of the molecule is CC.CNc1cc2ccccc2cc1C. The molecular weight excluding hydrogens is 182 g/mol. The van der Waals surface area contributed by atoms with Crippen LogP contribution in [-0.2, 0) is 0 Å². The number of hydrogen-bond donors (Lipinski definition) is 1. The molecule has 2 aromatic rings. The molecule has 0 atom stereocenters. The highest BCUT2D eigenvalue weighted by atomic mass is 14.8. The van der Waals surface area contributed by atoms with Crippen LogP contribution in [0.25, 0.3) is 10.8 Å². The first-order valence-corrected chi connectivity index (χ1v) is 5.48. The van der Waals surface area contributed by atoms with Gasteiger partial charge in [0.1, 0.15) is 0 Å². The van der Waals surface area contributed by atoms with Crippen molar-refractivity contribution in [1.82, 2.24) is 0 Å². The molecule has 0 saturated carbocycles. The first kappa shape index (κ1) is 11.6. The predicted octanol–water partition coefficient (Wildman–Crippen LogP) is 4.22. The molecule has 0 bridgehead atoms. The third-order valence-electron chi connectivity index (χ3n) is 2.36. The smallest absolute Gasteiger partial charge is 0.0373 e. The van der Waals surface area contributed by atoms with E-state index >= 15 is 0 Å². The van der Waals surface area contributed by atoms with Gasteiger partial charge in [0.2, 0.25) is 0 Å². The van der Waals surface area contributed by atoms with E-state index in [0.29, 0.717) is 0 Å². The number of fused-ring (bicyclic) bond motifs is 1. The Labute approximate surface area is 92.1 Å². The van der Waals surface area contributed by atoms with Crippen LogP contribution in [0, 0.1) is 6.92 Å². The molecule has 15 heavy (non-hydrogen) atoms. The lowest BCUT2D eigenvalue weighted by molar-refractivity contribution is 1.43. The Morgan fingerprint density at radius 3 is 2.00 bits per heavy atom. The topological polar surface area (TPSA) is 12.0 Å². The van der Waals surface area contributed by atoms with Crippen LogP contribution in [-0.4, -0.2) is 7.05 Å². The van der Waals surface area contributed by atoms with Crippen molar-refractivity contribution in [3.63, 3.8) is 0 Å². The molecular formula is C14H19N. The quantitative estimate of drug-likeness (QED) is 0.728.